The molecule has 0 saturated carbocycles. The maximum atomic E-state index is 11.0. The van der Waals surface area contributed by atoms with E-state index in [2.05, 4.69) is 5.32 Å². The van der Waals surface area contributed by atoms with Gasteiger partial charge in [-0.1, -0.05) is 0 Å². The molecule has 0 saturated heterocycles. The van der Waals surface area contributed by atoms with E-state index in [1.165, 1.54) is 0 Å². The van der Waals surface area contributed by atoms with Gasteiger partial charge in [-0.3, -0.25) is 5.32 Å². The third kappa shape index (κ3) is 5.51. The number of nitrogens with zero attached hydrogens (tertiary/aromatic N) is 2. The van der Waals surface area contributed by atoms with Gasteiger partial charge in [0, 0.05) is 0 Å². The molecule has 0 atom stereocenters. The Kier molecular flexibility index (Phi) is 3.74. The molecule has 0 fully saturated rings. The number of alkyl carbamates (subject to hydrolysis) is 1. The Hall–Kier alpha value is -1.75. The highest BCUT2D eigenvalue weighted by atomic mass is 16.6. The Balaban J connectivity index is 4.05. The van der Waals surface area contributed by atoms with E-state index >= 15 is 0 Å². The minimum absolute atomic E-state index is 0.625. The molecule has 1 N–H and O–H groups in total. The van der Waals surface area contributed by atoms with Crippen LogP contribution < -0.4 is 5.32 Å². The summed E-state index contributed by atoms with van der Waals surface area (Å²) in [6.45, 7) is 5.08. The van der Waals surface area contributed by atoms with E-state index in [4.69, 9.17) is 15.3 Å². The maximum absolute atomic E-state index is 11.0. The minimum atomic E-state index is -1.16. The van der Waals surface area contributed by atoms with Gasteiger partial charge in [-0.05, 0) is 20.8 Å². The van der Waals surface area contributed by atoms with Crippen molar-refractivity contribution in [1.29, 1.82) is 10.5 Å². The van der Waals surface area contributed by atoms with Crippen LogP contribution in [-0.2, 0) is 4.74 Å². The third-order valence-corrected chi connectivity index (χ3v) is 0.919. The van der Waals surface area contributed by atoms with Crippen LogP contribution in [0.3, 0.4) is 0 Å². The molecule has 1 amide bonds. The molecule has 0 heterocycles. The SMILES string of the molecule is CC(C)(C)OC(=O)NC(C#N)C#N. The standard InChI is InChI=1S/C8H11N3O2/c1-8(2,3)13-7(12)11-6(4-9)5-10/h6H,1-3H3,(H,11,12). The molecule has 0 spiro atoms. The lowest BCUT2D eigenvalue weighted by atomic mass is 10.2. The number of nitriles is 2. The molecule has 0 unspecified atom stereocenters. The Labute approximate surface area is 76.9 Å². The Morgan fingerprint density at radius 3 is 2.15 bits per heavy atom. The summed E-state index contributed by atoms with van der Waals surface area (Å²) in [5, 5.41) is 18.8. The van der Waals surface area contributed by atoms with Crippen molar-refractivity contribution in [3.05, 3.63) is 0 Å². The average molecular weight is 181 g/mol. The summed E-state index contributed by atoms with van der Waals surface area (Å²) in [5.41, 5.74) is -0.625. The van der Waals surface area contributed by atoms with E-state index in [0.717, 1.165) is 0 Å². The molecule has 0 radical (unpaired) electrons. The fourth-order valence-electron chi connectivity index (χ4n) is 0.519. The number of amides is 1. The molecule has 13 heavy (non-hydrogen) atoms. The molecule has 0 bridgehead atoms. The van der Waals surface area contributed by atoms with Crippen molar-refractivity contribution in [1.82, 2.24) is 5.32 Å². The highest BCUT2D eigenvalue weighted by molar-refractivity contribution is 5.69. The van der Waals surface area contributed by atoms with E-state index in [1.807, 2.05) is 0 Å². The van der Waals surface area contributed by atoms with Gasteiger partial charge < -0.3 is 4.74 Å². The number of carbonyl (C=O) groups excluding carboxylic acids is 1. The summed E-state index contributed by atoms with van der Waals surface area (Å²) in [4.78, 5) is 11.0. The number of carbonyl (C=O) groups is 1. The van der Waals surface area contributed by atoms with E-state index in [1.54, 1.807) is 32.9 Å². The number of rotatable bonds is 1. The van der Waals surface area contributed by atoms with Gasteiger partial charge in [-0.25, -0.2) is 4.79 Å². The van der Waals surface area contributed by atoms with Crippen molar-refractivity contribution in [2.45, 2.75) is 32.4 Å². The van der Waals surface area contributed by atoms with Gasteiger partial charge in [0.25, 0.3) is 0 Å². The molecule has 0 aliphatic rings. The first-order chi connectivity index (χ1) is 5.89. The summed E-state index contributed by atoms with van der Waals surface area (Å²) >= 11 is 0. The molecule has 0 aromatic heterocycles. The van der Waals surface area contributed by atoms with Gasteiger partial charge in [0.1, 0.15) is 17.7 Å². The summed E-state index contributed by atoms with van der Waals surface area (Å²) < 4.78 is 4.82. The van der Waals surface area contributed by atoms with Crippen LogP contribution >= 0.6 is 0 Å². The lowest BCUT2D eigenvalue weighted by molar-refractivity contribution is 0.0525. The lowest BCUT2D eigenvalue weighted by Crippen LogP contribution is -2.37. The van der Waals surface area contributed by atoms with Crippen LogP contribution in [0.4, 0.5) is 4.79 Å². The zero-order valence-corrected chi connectivity index (χ0v) is 7.79. The van der Waals surface area contributed by atoms with Gasteiger partial charge in [-0.2, -0.15) is 10.5 Å². The number of hydrogen-bond donors (Lipinski definition) is 1. The van der Waals surface area contributed by atoms with E-state index in [-0.39, 0.29) is 0 Å². The molecule has 0 aromatic carbocycles. The van der Waals surface area contributed by atoms with Gasteiger partial charge in [0.2, 0.25) is 6.04 Å². The topological polar surface area (TPSA) is 85.9 Å². The second-order valence-corrected chi connectivity index (χ2v) is 3.34. The lowest BCUT2D eigenvalue weighted by Gasteiger charge is -2.19. The predicted octanol–water partition coefficient (Wildman–Crippen LogP) is 0.927. The van der Waals surface area contributed by atoms with Gasteiger partial charge >= 0.3 is 6.09 Å². The van der Waals surface area contributed by atoms with Crippen LogP contribution in [-0.4, -0.2) is 17.7 Å². The molecule has 0 aliphatic carbocycles. The van der Waals surface area contributed by atoms with Crippen LogP contribution in [0.2, 0.25) is 0 Å². The first kappa shape index (κ1) is 11.2. The number of hydrogen-bond acceptors (Lipinski definition) is 4. The van der Waals surface area contributed by atoms with Crippen LogP contribution in [0.15, 0.2) is 0 Å². The molecular weight excluding hydrogens is 170 g/mol. The Bertz CT molecular complexity index is 253. The van der Waals surface area contributed by atoms with Crippen molar-refractivity contribution >= 4 is 6.09 Å². The van der Waals surface area contributed by atoms with Crippen molar-refractivity contribution in [2.24, 2.45) is 0 Å². The van der Waals surface area contributed by atoms with Crippen LogP contribution in [0.5, 0.6) is 0 Å². The van der Waals surface area contributed by atoms with E-state index < -0.39 is 17.7 Å². The summed E-state index contributed by atoms with van der Waals surface area (Å²) in [7, 11) is 0. The number of nitrogens with one attached hydrogen (secondary N) is 1. The zero-order valence-electron chi connectivity index (χ0n) is 7.79. The van der Waals surface area contributed by atoms with Crippen LogP contribution in [0.25, 0.3) is 0 Å². The maximum Gasteiger partial charge on any atom is 0.409 e. The summed E-state index contributed by atoms with van der Waals surface area (Å²) in [5.74, 6) is 0. The van der Waals surface area contributed by atoms with Crippen molar-refractivity contribution in [3.8, 4) is 12.1 Å². The molecule has 5 nitrogen and oxygen atoms in total. The molecular formula is C8H11N3O2. The summed E-state index contributed by atoms with van der Waals surface area (Å²) in [6.07, 6.45) is -0.763. The fourth-order valence-corrected chi connectivity index (χ4v) is 0.519. The van der Waals surface area contributed by atoms with Crippen LogP contribution in [0, 0.1) is 22.7 Å². The predicted molar refractivity (Wildman–Crippen MR) is 44.4 cm³/mol. The molecule has 0 rings (SSSR count). The second-order valence-electron chi connectivity index (χ2n) is 3.34. The highest BCUT2D eigenvalue weighted by Gasteiger charge is 2.18. The Morgan fingerprint density at radius 1 is 1.38 bits per heavy atom. The first-order valence-electron chi connectivity index (χ1n) is 3.68. The highest BCUT2D eigenvalue weighted by Crippen LogP contribution is 2.06. The van der Waals surface area contributed by atoms with E-state index in [9.17, 15) is 4.79 Å². The minimum Gasteiger partial charge on any atom is -0.444 e. The zero-order chi connectivity index (χ0) is 10.5. The molecule has 70 valence electrons. The van der Waals surface area contributed by atoms with E-state index in [0.29, 0.717) is 0 Å². The molecule has 0 aliphatic heterocycles. The average Bonchev–Trinajstić information content (AvgIpc) is 1.96. The molecule has 5 heteroatoms. The smallest absolute Gasteiger partial charge is 0.409 e. The fraction of sp³-hybridized carbons (Fsp3) is 0.625. The van der Waals surface area contributed by atoms with Crippen LogP contribution in [0.1, 0.15) is 20.8 Å². The van der Waals surface area contributed by atoms with Gasteiger partial charge in [-0.15, -0.1) is 0 Å². The normalized spacial score (nSPS) is 10.0. The van der Waals surface area contributed by atoms with Crippen molar-refractivity contribution < 1.29 is 9.53 Å². The van der Waals surface area contributed by atoms with Crippen molar-refractivity contribution in [3.63, 3.8) is 0 Å². The second kappa shape index (κ2) is 4.32. The number of ether oxygens (including phenoxy) is 1. The molecule has 0 aromatic rings. The summed E-state index contributed by atoms with van der Waals surface area (Å²) in [6, 6.07) is 2.03. The first-order valence-corrected chi connectivity index (χ1v) is 3.68. The monoisotopic (exact) mass is 181 g/mol. The third-order valence-electron chi connectivity index (χ3n) is 0.919. The van der Waals surface area contributed by atoms with Crippen molar-refractivity contribution in [2.75, 3.05) is 0 Å². The largest absolute Gasteiger partial charge is 0.444 e. The van der Waals surface area contributed by atoms with Gasteiger partial charge in [0.15, 0.2) is 0 Å². The Morgan fingerprint density at radius 2 is 1.85 bits per heavy atom. The quantitative estimate of drug-likeness (QED) is 0.651. The van der Waals surface area contributed by atoms with Gasteiger partial charge in [0.05, 0.1) is 0 Å².